The first-order chi connectivity index (χ1) is 7.47. The molecule has 0 fully saturated rings. The molecule has 4 nitrogen and oxygen atoms in total. The first kappa shape index (κ1) is 13.0. The van der Waals surface area contributed by atoms with Crippen molar-refractivity contribution in [3.05, 3.63) is 18.5 Å². The molecule has 1 aromatic heterocycles. The van der Waals surface area contributed by atoms with Gasteiger partial charge in [-0.05, 0) is 6.07 Å². The van der Waals surface area contributed by atoms with Gasteiger partial charge in [0.1, 0.15) is 0 Å². The second-order valence-electron chi connectivity index (χ2n) is 4.33. The fraction of sp³-hybridized carbons (Fsp3) is 0.545. The zero-order valence-electron chi connectivity index (χ0n) is 9.86. The Balaban J connectivity index is 2.27. The molecule has 5 heteroatoms. The topological polar surface area (TPSA) is 54.9 Å². The summed E-state index contributed by atoms with van der Waals surface area (Å²) in [6.07, 6.45) is 3.69. The third kappa shape index (κ3) is 5.70. The molecular formula is C11H17N3OS. The van der Waals surface area contributed by atoms with E-state index < -0.39 is 0 Å². The van der Waals surface area contributed by atoms with Crippen molar-refractivity contribution in [2.45, 2.75) is 31.9 Å². The zero-order valence-corrected chi connectivity index (χ0v) is 10.7. The van der Waals surface area contributed by atoms with Crippen molar-refractivity contribution in [2.24, 2.45) is 0 Å². The predicted octanol–water partition coefficient (Wildman–Crippen LogP) is 2.34. The van der Waals surface area contributed by atoms with Crippen molar-refractivity contribution in [1.82, 2.24) is 9.97 Å². The molecule has 1 rings (SSSR count). The van der Waals surface area contributed by atoms with E-state index in [1.807, 2.05) is 0 Å². The van der Waals surface area contributed by atoms with Crippen LogP contribution in [-0.4, -0.2) is 26.4 Å². The summed E-state index contributed by atoms with van der Waals surface area (Å²) in [5, 5.41) is 2.65. The molecule has 1 aromatic rings. The van der Waals surface area contributed by atoms with Crippen LogP contribution in [0.2, 0.25) is 0 Å². The lowest BCUT2D eigenvalue weighted by Crippen LogP contribution is -2.16. The average Bonchev–Trinajstić information content (AvgIpc) is 2.17. The number of amides is 1. The van der Waals surface area contributed by atoms with Crippen LogP contribution in [0.5, 0.6) is 0 Å². The zero-order chi connectivity index (χ0) is 12.0. The summed E-state index contributed by atoms with van der Waals surface area (Å²) in [5.74, 6) is 1.14. The molecule has 0 bridgehead atoms. The lowest BCUT2D eigenvalue weighted by molar-refractivity contribution is -0.115. The summed E-state index contributed by atoms with van der Waals surface area (Å²) in [4.78, 5) is 19.3. The molecular weight excluding hydrogens is 222 g/mol. The molecule has 1 N–H and O–H groups in total. The van der Waals surface area contributed by atoms with E-state index in [1.54, 1.807) is 30.2 Å². The molecule has 0 aliphatic rings. The van der Waals surface area contributed by atoms with Gasteiger partial charge in [-0.3, -0.25) is 10.1 Å². The van der Waals surface area contributed by atoms with Gasteiger partial charge in [0, 0.05) is 29.3 Å². The van der Waals surface area contributed by atoms with Crippen LogP contribution in [0.25, 0.3) is 0 Å². The molecule has 0 unspecified atom stereocenters. The van der Waals surface area contributed by atoms with E-state index in [1.165, 1.54) is 0 Å². The number of rotatable bonds is 4. The molecule has 0 saturated carbocycles. The Morgan fingerprint density at radius 3 is 2.56 bits per heavy atom. The lowest BCUT2D eigenvalue weighted by Gasteiger charge is -2.16. The standard InChI is InChI=1S/C11H17N3OS/c1-11(2,3)16-8-5-9(15)14-10-12-6-4-7-13-10/h4,6-7H,5,8H2,1-3H3,(H,12,13,14,15). The second-order valence-corrected chi connectivity index (χ2v) is 6.25. The van der Waals surface area contributed by atoms with Crippen molar-refractivity contribution >= 4 is 23.6 Å². The molecule has 88 valence electrons. The van der Waals surface area contributed by atoms with Gasteiger partial charge in [-0.25, -0.2) is 9.97 Å². The molecule has 1 heterocycles. The highest BCUT2D eigenvalue weighted by atomic mass is 32.2. The van der Waals surface area contributed by atoms with E-state index in [-0.39, 0.29) is 10.7 Å². The molecule has 0 spiro atoms. The van der Waals surface area contributed by atoms with Crippen LogP contribution in [0, 0.1) is 0 Å². The Kier molecular flexibility index (Phi) is 4.73. The lowest BCUT2D eigenvalue weighted by atomic mass is 10.3. The molecule has 1 amide bonds. The number of hydrogen-bond acceptors (Lipinski definition) is 4. The Bertz CT molecular complexity index is 335. The van der Waals surface area contributed by atoms with Crippen LogP contribution in [0.15, 0.2) is 18.5 Å². The summed E-state index contributed by atoms with van der Waals surface area (Å²) in [6.45, 7) is 6.40. The van der Waals surface area contributed by atoms with E-state index in [0.29, 0.717) is 12.4 Å². The maximum absolute atomic E-state index is 11.5. The van der Waals surface area contributed by atoms with Gasteiger partial charge < -0.3 is 0 Å². The van der Waals surface area contributed by atoms with Crippen LogP contribution in [0.3, 0.4) is 0 Å². The second kappa shape index (κ2) is 5.84. The largest absolute Gasteiger partial charge is 0.295 e. The van der Waals surface area contributed by atoms with Gasteiger partial charge in [-0.1, -0.05) is 20.8 Å². The smallest absolute Gasteiger partial charge is 0.229 e. The van der Waals surface area contributed by atoms with E-state index in [0.717, 1.165) is 5.75 Å². The third-order valence-corrected chi connectivity index (χ3v) is 2.96. The normalized spacial score (nSPS) is 11.2. The highest BCUT2D eigenvalue weighted by Gasteiger charge is 2.11. The van der Waals surface area contributed by atoms with Crippen molar-refractivity contribution < 1.29 is 4.79 Å². The maximum Gasteiger partial charge on any atom is 0.229 e. The van der Waals surface area contributed by atoms with Crippen LogP contribution in [-0.2, 0) is 4.79 Å². The number of aromatic nitrogens is 2. The molecule has 0 radical (unpaired) electrons. The summed E-state index contributed by atoms with van der Waals surface area (Å²) in [5.41, 5.74) is 0. The van der Waals surface area contributed by atoms with Gasteiger partial charge in [-0.2, -0.15) is 11.8 Å². The summed E-state index contributed by atoms with van der Waals surface area (Å²) >= 11 is 1.77. The molecule has 0 aliphatic carbocycles. The minimum absolute atomic E-state index is 0.0389. The van der Waals surface area contributed by atoms with E-state index in [4.69, 9.17) is 0 Å². The van der Waals surface area contributed by atoms with Gasteiger partial charge in [0.2, 0.25) is 11.9 Å². The molecule has 16 heavy (non-hydrogen) atoms. The number of nitrogens with zero attached hydrogens (tertiary/aromatic N) is 2. The van der Waals surface area contributed by atoms with Gasteiger partial charge >= 0.3 is 0 Å². The fourth-order valence-electron chi connectivity index (χ4n) is 1.00. The van der Waals surface area contributed by atoms with Gasteiger partial charge in [-0.15, -0.1) is 0 Å². The average molecular weight is 239 g/mol. The number of carbonyl (C=O) groups is 1. The van der Waals surface area contributed by atoms with E-state index >= 15 is 0 Å². The summed E-state index contributed by atoms with van der Waals surface area (Å²) < 4.78 is 0.198. The molecule has 0 saturated heterocycles. The fourth-order valence-corrected chi connectivity index (χ4v) is 1.90. The minimum atomic E-state index is -0.0389. The van der Waals surface area contributed by atoms with Crippen molar-refractivity contribution in [1.29, 1.82) is 0 Å². The predicted molar refractivity (Wildman–Crippen MR) is 67.5 cm³/mol. The Labute approximate surface area is 100 Å². The monoisotopic (exact) mass is 239 g/mol. The first-order valence-electron chi connectivity index (χ1n) is 5.18. The highest BCUT2D eigenvalue weighted by molar-refractivity contribution is 8.00. The third-order valence-electron chi connectivity index (χ3n) is 1.68. The number of anilines is 1. The number of hydrogen-bond donors (Lipinski definition) is 1. The Morgan fingerprint density at radius 1 is 1.38 bits per heavy atom. The molecule has 0 atom stereocenters. The number of carbonyl (C=O) groups excluding carboxylic acids is 1. The van der Waals surface area contributed by atoms with Gasteiger partial charge in [0.25, 0.3) is 0 Å². The molecule has 0 aliphatic heterocycles. The summed E-state index contributed by atoms with van der Waals surface area (Å²) in [7, 11) is 0. The van der Waals surface area contributed by atoms with Crippen LogP contribution < -0.4 is 5.32 Å². The van der Waals surface area contributed by atoms with Gasteiger partial charge in [0.05, 0.1) is 0 Å². The first-order valence-corrected chi connectivity index (χ1v) is 6.17. The van der Waals surface area contributed by atoms with Crippen molar-refractivity contribution in [3.63, 3.8) is 0 Å². The Morgan fingerprint density at radius 2 is 2.00 bits per heavy atom. The summed E-state index contributed by atoms with van der Waals surface area (Å²) in [6, 6.07) is 1.71. The van der Waals surface area contributed by atoms with E-state index in [2.05, 4.69) is 36.1 Å². The quantitative estimate of drug-likeness (QED) is 0.876. The molecule has 0 aromatic carbocycles. The number of thioether (sulfide) groups is 1. The number of nitrogens with one attached hydrogen (secondary N) is 1. The van der Waals surface area contributed by atoms with Crippen LogP contribution in [0.4, 0.5) is 5.95 Å². The van der Waals surface area contributed by atoms with Crippen LogP contribution >= 0.6 is 11.8 Å². The minimum Gasteiger partial charge on any atom is -0.295 e. The van der Waals surface area contributed by atoms with E-state index in [9.17, 15) is 4.79 Å². The van der Waals surface area contributed by atoms with Crippen molar-refractivity contribution in [3.8, 4) is 0 Å². The van der Waals surface area contributed by atoms with Crippen molar-refractivity contribution in [2.75, 3.05) is 11.1 Å². The highest BCUT2D eigenvalue weighted by Crippen LogP contribution is 2.23. The van der Waals surface area contributed by atoms with Gasteiger partial charge in [0.15, 0.2) is 0 Å². The van der Waals surface area contributed by atoms with Crippen LogP contribution in [0.1, 0.15) is 27.2 Å². The maximum atomic E-state index is 11.5. The Hall–Kier alpha value is -1.10. The SMILES string of the molecule is CC(C)(C)SCCC(=O)Nc1ncccn1.